The fourth-order valence-electron chi connectivity index (χ4n) is 3.60. The van der Waals surface area contributed by atoms with E-state index in [1.165, 1.54) is 0 Å². The number of pyridine rings is 1. The summed E-state index contributed by atoms with van der Waals surface area (Å²) in [5.74, 6) is 0.512. The van der Waals surface area contributed by atoms with Crippen LogP contribution in [0.2, 0.25) is 0 Å². The summed E-state index contributed by atoms with van der Waals surface area (Å²) < 4.78 is 25.0. The lowest BCUT2D eigenvalue weighted by atomic mass is 9.94. The standard InChI is InChI=1S/C19H22N4O2S/c1-12(2)18(22-16-7-8-20-19-15(16)11-21-23-19)14-6-5-13-4-3-9-26(24,25)17(13)10-14/h5-8,10-12,18H,3-4,9H2,1-2H3,(H2,20,21,22,23)/t18-/m1/s1. The van der Waals surface area contributed by atoms with Gasteiger partial charge < -0.3 is 5.32 Å². The van der Waals surface area contributed by atoms with E-state index in [-0.39, 0.29) is 17.7 Å². The summed E-state index contributed by atoms with van der Waals surface area (Å²) in [5.41, 5.74) is 3.58. The SMILES string of the molecule is CC(C)[C@@H](Nc1ccnc2[nH]ncc12)c1ccc2c(c1)S(=O)(=O)CCC2. The molecule has 1 atom stereocenters. The van der Waals surface area contributed by atoms with Crippen molar-refractivity contribution >= 4 is 26.6 Å². The van der Waals surface area contributed by atoms with E-state index in [0.29, 0.717) is 11.3 Å². The third-order valence-corrected chi connectivity index (χ3v) is 6.85. The number of rotatable bonds is 4. The molecule has 136 valence electrons. The number of hydrogen-bond acceptors (Lipinski definition) is 5. The van der Waals surface area contributed by atoms with E-state index >= 15 is 0 Å². The van der Waals surface area contributed by atoms with Gasteiger partial charge in [0.15, 0.2) is 15.5 Å². The van der Waals surface area contributed by atoms with Gasteiger partial charge in [0.2, 0.25) is 0 Å². The maximum absolute atomic E-state index is 12.5. The van der Waals surface area contributed by atoms with Crippen molar-refractivity contribution in [2.45, 2.75) is 37.6 Å². The monoisotopic (exact) mass is 370 g/mol. The number of nitrogens with zero attached hydrogens (tertiary/aromatic N) is 2. The van der Waals surface area contributed by atoms with Crippen molar-refractivity contribution in [3.8, 4) is 0 Å². The first-order valence-corrected chi connectivity index (χ1v) is 10.5. The number of aryl methyl sites for hydroxylation is 1. The number of aromatic nitrogens is 3. The molecule has 0 saturated heterocycles. The van der Waals surface area contributed by atoms with Gasteiger partial charge in [0.05, 0.1) is 28.3 Å². The molecular formula is C19H22N4O2S. The molecule has 1 aliphatic rings. The molecule has 1 aromatic carbocycles. The fraction of sp³-hybridized carbons (Fsp3) is 0.368. The second kappa shape index (κ2) is 6.39. The average molecular weight is 370 g/mol. The van der Waals surface area contributed by atoms with Crippen LogP contribution in [-0.2, 0) is 16.3 Å². The van der Waals surface area contributed by atoms with Crippen molar-refractivity contribution in [3.63, 3.8) is 0 Å². The van der Waals surface area contributed by atoms with Gasteiger partial charge in [0.1, 0.15) is 0 Å². The van der Waals surface area contributed by atoms with Crippen LogP contribution >= 0.6 is 0 Å². The van der Waals surface area contributed by atoms with Gasteiger partial charge in [-0.15, -0.1) is 0 Å². The third kappa shape index (κ3) is 2.96. The summed E-state index contributed by atoms with van der Waals surface area (Å²) in [5, 5.41) is 11.4. The second-order valence-electron chi connectivity index (χ2n) is 7.15. The normalized spacial score (nSPS) is 17.2. The Balaban J connectivity index is 1.75. The molecule has 0 radical (unpaired) electrons. The van der Waals surface area contributed by atoms with E-state index in [1.54, 1.807) is 12.4 Å². The van der Waals surface area contributed by atoms with Crippen LogP contribution in [-0.4, -0.2) is 29.4 Å². The summed E-state index contributed by atoms with van der Waals surface area (Å²) in [7, 11) is -3.18. The summed E-state index contributed by atoms with van der Waals surface area (Å²) in [6.45, 7) is 4.25. The van der Waals surface area contributed by atoms with Gasteiger partial charge in [-0.05, 0) is 42.0 Å². The van der Waals surface area contributed by atoms with Crippen LogP contribution in [0.1, 0.15) is 37.4 Å². The summed E-state index contributed by atoms with van der Waals surface area (Å²) >= 11 is 0. The second-order valence-corrected chi connectivity index (χ2v) is 9.22. The Hall–Kier alpha value is -2.41. The highest BCUT2D eigenvalue weighted by atomic mass is 32.2. The zero-order valence-corrected chi connectivity index (χ0v) is 15.7. The zero-order valence-electron chi connectivity index (χ0n) is 14.9. The van der Waals surface area contributed by atoms with Crippen LogP contribution in [0, 0.1) is 5.92 Å². The molecule has 4 rings (SSSR count). The molecule has 0 aliphatic carbocycles. The maximum atomic E-state index is 12.5. The summed E-state index contributed by atoms with van der Waals surface area (Å²) in [4.78, 5) is 4.76. The first-order chi connectivity index (χ1) is 12.5. The van der Waals surface area contributed by atoms with Crippen LogP contribution in [0.5, 0.6) is 0 Å². The van der Waals surface area contributed by atoms with E-state index in [0.717, 1.165) is 34.3 Å². The largest absolute Gasteiger partial charge is 0.377 e. The van der Waals surface area contributed by atoms with Crippen molar-refractivity contribution in [1.29, 1.82) is 0 Å². The van der Waals surface area contributed by atoms with Gasteiger partial charge in [0.25, 0.3) is 0 Å². The quantitative estimate of drug-likeness (QED) is 0.734. The molecule has 26 heavy (non-hydrogen) atoms. The highest BCUT2D eigenvalue weighted by Gasteiger charge is 2.26. The van der Waals surface area contributed by atoms with Crippen molar-refractivity contribution in [1.82, 2.24) is 15.2 Å². The number of anilines is 1. The van der Waals surface area contributed by atoms with Crippen molar-refractivity contribution in [2.24, 2.45) is 5.92 Å². The molecular weight excluding hydrogens is 348 g/mol. The van der Waals surface area contributed by atoms with Gasteiger partial charge in [0, 0.05) is 11.9 Å². The van der Waals surface area contributed by atoms with Gasteiger partial charge in [-0.3, -0.25) is 5.10 Å². The molecule has 0 fully saturated rings. The summed E-state index contributed by atoms with van der Waals surface area (Å²) in [6.07, 6.45) is 5.02. The molecule has 0 amide bonds. The number of aromatic amines is 1. The molecule has 0 spiro atoms. The van der Waals surface area contributed by atoms with E-state index in [1.807, 2.05) is 24.3 Å². The lowest BCUT2D eigenvalue weighted by Gasteiger charge is -2.26. The molecule has 0 bridgehead atoms. The molecule has 6 nitrogen and oxygen atoms in total. The number of nitrogens with one attached hydrogen (secondary N) is 2. The van der Waals surface area contributed by atoms with E-state index in [4.69, 9.17) is 0 Å². The molecule has 3 heterocycles. The minimum absolute atomic E-state index is 0.0158. The first kappa shape index (κ1) is 17.0. The minimum Gasteiger partial charge on any atom is -0.377 e. The van der Waals surface area contributed by atoms with Gasteiger partial charge >= 0.3 is 0 Å². The molecule has 7 heteroatoms. The van der Waals surface area contributed by atoms with Gasteiger partial charge in [-0.1, -0.05) is 26.0 Å². The third-order valence-electron chi connectivity index (χ3n) is 4.98. The predicted molar refractivity (Wildman–Crippen MR) is 102 cm³/mol. The Morgan fingerprint density at radius 3 is 2.88 bits per heavy atom. The van der Waals surface area contributed by atoms with E-state index in [2.05, 4.69) is 34.3 Å². The van der Waals surface area contributed by atoms with Crippen LogP contribution in [0.4, 0.5) is 5.69 Å². The lowest BCUT2D eigenvalue weighted by molar-refractivity contribution is 0.544. The van der Waals surface area contributed by atoms with E-state index < -0.39 is 9.84 Å². The molecule has 0 unspecified atom stereocenters. The Kier molecular flexibility index (Phi) is 4.19. The molecule has 1 aliphatic heterocycles. The number of H-pyrrole nitrogens is 1. The predicted octanol–water partition coefficient (Wildman–Crippen LogP) is 3.49. The molecule has 2 aromatic heterocycles. The highest BCUT2D eigenvalue weighted by molar-refractivity contribution is 7.91. The molecule has 0 saturated carbocycles. The molecule has 3 aromatic rings. The number of benzene rings is 1. The van der Waals surface area contributed by atoms with Crippen LogP contribution in [0.3, 0.4) is 0 Å². The van der Waals surface area contributed by atoms with E-state index in [9.17, 15) is 8.42 Å². The lowest BCUT2D eigenvalue weighted by Crippen LogP contribution is -2.20. The number of sulfone groups is 1. The van der Waals surface area contributed by atoms with Gasteiger partial charge in [-0.25, -0.2) is 13.4 Å². The Labute approximate surface area is 153 Å². The smallest absolute Gasteiger partial charge is 0.178 e. The Morgan fingerprint density at radius 1 is 1.23 bits per heavy atom. The number of hydrogen-bond donors (Lipinski definition) is 2. The van der Waals surface area contributed by atoms with Crippen LogP contribution in [0.15, 0.2) is 41.6 Å². The Morgan fingerprint density at radius 2 is 2.08 bits per heavy atom. The fourth-order valence-corrected chi connectivity index (χ4v) is 5.23. The highest BCUT2D eigenvalue weighted by Crippen LogP contribution is 2.33. The van der Waals surface area contributed by atoms with Crippen LogP contribution in [0.25, 0.3) is 11.0 Å². The van der Waals surface area contributed by atoms with Crippen molar-refractivity contribution in [3.05, 3.63) is 47.8 Å². The first-order valence-electron chi connectivity index (χ1n) is 8.86. The Bertz CT molecular complexity index is 1060. The summed E-state index contributed by atoms with van der Waals surface area (Å²) in [6, 6.07) is 7.78. The van der Waals surface area contributed by atoms with Crippen LogP contribution < -0.4 is 5.32 Å². The number of fused-ring (bicyclic) bond motifs is 2. The van der Waals surface area contributed by atoms with Crippen molar-refractivity contribution < 1.29 is 8.42 Å². The molecule has 2 N–H and O–H groups in total. The van der Waals surface area contributed by atoms with Gasteiger partial charge in [-0.2, -0.15) is 5.10 Å². The maximum Gasteiger partial charge on any atom is 0.178 e. The average Bonchev–Trinajstić information content (AvgIpc) is 3.08. The topological polar surface area (TPSA) is 87.7 Å². The zero-order chi connectivity index (χ0) is 18.3. The minimum atomic E-state index is -3.18. The van der Waals surface area contributed by atoms with Crippen molar-refractivity contribution in [2.75, 3.05) is 11.1 Å².